The Kier molecular flexibility index (Phi) is 8.52. The first-order chi connectivity index (χ1) is 20.7. The SMILES string of the molecule is COc1cc(C)[nH]c(=O)c1CNC(=O)c1cc(-c2ccc(N3CCN(C)CC3)nc2)cc2c1[C@@H](C)CN2S(=O)(=O)C(C)(C)C. The predicted octanol–water partition coefficient (Wildman–Crippen LogP) is 3.49. The van der Waals surface area contributed by atoms with Crippen molar-refractivity contribution in [3.05, 3.63) is 69.3 Å². The van der Waals surface area contributed by atoms with Crippen LogP contribution >= 0.6 is 0 Å². The van der Waals surface area contributed by atoms with Crippen molar-refractivity contribution in [1.29, 1.82) is 0 Å². The van der Waals surface area contributed by atoms with E-state index in [1.165, 1.54) is 11.4 Å². The lowest BCUT2D eigenvalue weighted by Gasteiger charge is -2.33. The Morgan fingerprint density at radius 3 is 2.43 bits per heavy atom. The fourth-order valence-electron chi connectivity index (χ4n) is 5.79. The van der Waals surface area contributed by atoms with Crippen LogP contribution in [-0.2, 0) is 16.6 Å². The van der Waals surface area contributed by atoms with E-state index in [1.54, 1.807) is 46.0 Å². The van der Waals surface area contributed by atoms with Crippen molar-refractivity contribution in [1.82, 2.24) is 20.2 Å². The average molecular weight is 623 g/mol. The van der Waals surface area contributed by atoms with Crippen LogP contribution in [0.15, 0.2) is 41.3 Å². The summed E-state index contributed by atoms with van der Waals surface area (Å²) in [7, 11) is -0.167. The maximum atomic E-state index is 13.9. The molecule has 1 atom stereocenters. The van der Waals surface area contributed by atoms with Gasteiger partial charge in [-0.3, -0.25) is 13.9 Å². The summed E-state index contributed by atoms with van der Waals surface area (Å²) in [4.78, 5) is 38.5. The van der Waals surface area contributed by atoms with Gasteiger partial charge in [0.05, 0.1) is 29.7 Å². The van der Waals surface area contributed by atoms with Crippen molar-refractivity contribution in [2.24, 2.45) is 0 Å². The number of carbonyl (C=O) groups is 1. The third-order valence-corrected chi connectivity index (χ3v) is 10.9. The van der Waals surface area contributed by atoms with Gasteiger partial charge >= 0.3 is 0 Å². The summed E-state index contributed by atoms with van der Waals surface area (Å²) in [6.45, 7) is 12.6. The number of hydrogen-bond donors (Lipinski definition) is 2. The number of amides is 1. The number of hydrogen-bond acceptors (Lipinski definition) is 8. The van der Waals surface area contributed by atoms with Crippen molar-refractivity contribution in [2.45, 2.75) is 51.8 Å². The summed E-state index contributed by atoms with van der Waals surface area (Å²) in [5.41, 5.74) is 3.56. The Labute approximate surface area is 259 Å². The van der Waals surface area contributed by atoms with Crippen LogP contribution in [0.25, 0.3) is 11.1 Å². The molecule has 3 aromatic rings. The molecule has 0 radical (unpaired) electrons. The zero-order valence-corrected chi connectivity index (χ0v) is 27.3. The predicted molar refractivity (Wildman–Crippen MR) is 173 cm³/mol. The number of nitrogens with zero attached hydrogens (tertiary/aromatic N) is 4. The first-order valence-corrected chi connectivity index (χ1v) is 16.3. The van der Waals surface area contributed by atoms with E-state index in [1.807, 2.05) is 25.1 Å². The summed E-state index contributed by atoms with van der Waals surface area (Å²) in [6.07, 6.45) is 1.77. The Hall–Kier alpha value is -3.90. The number of aromatic amines is 1. The minimum atomic E-state index is -3.75. The summed E-state index contributed by atoms with van der Waals surface area (Å²) in [6, 6.07) is 9.27. The maximum Gasteiger partial charge on any atom is 0.256 e. The number of pyridine rings is 2. The van der Waals surface area contributed by atoms with Gasteiger partial charge in [0.2, 0.25) is 10.0 Å². The van der Waals surface area contributed by atoms with E-state index < -0.39 is 20.7 Å². The molecule has 4 heterocycles. The van der Waals surface area contributed by atoms with Crippen molar-refractivity contribution in [3.63, 3.8) is 0 Å². The lowest BCUT2D eigenvalue weighted by molar-refractivity contribution is 0.0949. The van der Waals surface area contributed by atoms with Gasteiger partial charge in [-0.1, -0.05) is 6.92 Å². The molecule has 0 bridgehead atoms. The van der Waals surface area contributed by atoms with E-state index in [-0.39, 0.29) is 24.6 Å². The quantitative estimate of drug-likeness (QED) is 0.410. The van der Waals surface area contributed by atoms with E-state index in [4.69, 9.17) is 9.72 Å². The van der Waals surface area contributed by atoms with Gasteiger partial charge in [-0.15, -0.1) is 0 Å². The number of aromatic nitrogens is 2. The van der Waals surface area contributed by atoms with Crippen molar-refractivity contribution in [2.75, 3.05) is 56.1 Å². The number of H-pyrrole nitrogens is 1. The molecule has 1 fully saturated rings. The molecule has 0 spiro atoms. The highest BCUT2D eigenvalue weighted by atomic mass is 32.2. The molecule has 0 unspecified atom stereocenters. The standard InChI is InChI=1S/C32H42N6O5S/c1-20-19-38(44(41,42)32(3,4)5)26-16-23(22-8-9-28(33-17-22)37-12-10-36(6)11-13-37)15-24(29(20)26)30(39)34-18-25-27(43-7)14-21(2)35-31(25)40/h8-9,14-17,20H,10-13,18-19H2,1-7H3,(H,34,39)(H,35,40)/t20-/m0/s1. The lowest BCUT2D eigenvalue weighted by Crippen LogP contribution is -2.44. The molecular formula is C32H42N6O5S. The second-order valence-corrected chi connectivity index (χ2v) is 15.3. The lowest BCUT2D eigenvalue weighted by atomic mass is 9.93. The summed E-state index contributed by atoms with van der Waals surface area (Å²) < 4.78 is 33.3. The number of anilines is 2. The monoisotopic (exact) mass is 622 g/mol. The van der Waals surface area contributed by atoms with E-state index in [0.29, 0.717) is 39.4 Å². The van der Waals surface area contributed by atoms with Crippen LogP contribution in [0.2, 0.25) is 0 Å². The highest BCUT2D eigenvalue weighted by molar-refractivity contribution is 7.94. The third kappa shape index (κ3) is 5.92. The van der Waals surface area contributed by atoms with Crippen molar-refractivity contribution < 1.29 is 17.9 Å². The van der Waals surface area contributed by atoms with Gasteiger partial charge in [0.1, 0.15) is 11.6 Å². The number of methoxy groups -OCH3 is 1. The van der Waals surface area contributed by atoms with E-state index >= 15 is 0 Å². The summed E-state index contributed by atoms with van der Waals surface area (Å²) in [5, 5.41) is 2.89. The van der Waals surface area contributed by atoms with Crippen LogP contribution in [0.1, 0.15) is 60.8 Å². The highest BCUT2D eigenvalue weighted by Crippen LogP contribution is 2.44. The molecule has 236 valence electrons. The van der Waals surface area contributed by atoms with Crippen molar-refractivity contribution in [3.8, 4) is 16.9 Å². The maximum absolute atomic E-state index is 13.9. The molecule has 2 aliphatic heterocycles. The van der Waals surface area contributed by atoms with Crippen LogP contribution in [0.4, 0.5) is 11.5 Å². The number of piperazine rings is 1. The largest absolute Gasteiger partial charge is 0.496 e. The second-order valence-electron chi connectivity index (χ2n) is 12.7. The molecule has 44 heavy (non-hydrogen) atoms. The van der Waals surface area contributed by atoms with Crippen molar-refractivity contribution >= 4 is 27.4 Å². The van der Waals surface area contributed by atoms with Gasteiger partial charge in [-0.2, -0.15) is 0 Å². The summed E-state index contributed by atoms with van der Waals surface area (Å²) >= 11 is 0. The molecule has 0 saturated carbocycles. The van der Waals surface area contributed by atoms with Crippen LogP contribution in [0.5, 0.6) is 5.75 Å². The van der Waals surface area contributed by atoms with Crippen LogP contribution in [-0.4, -0.2) is 80.8 Å². The summed E-state index contributed by atoms with van der Waals surface area (Å²) in [5.74, 6) is 0.623. The van der Waals surface area contributed by atoms with Gasteiger partial charge in [-0.05, 0) is 76.2 Å². The number of sulfonamides is 1. The van der Waals surface area contributed by atoms with E-state index in [2.05, 4.69) is 27.1 Å². The Balaban J connectivity index is 1.55. The second kappa shape index (κ2) is 11.9. The number of benzene rings is 1. The van der Waals surface area contributed by atoms with Gasteiger partial charge in [0.15, 0.2) is 0 Å². The highest BCUT2D eigenvalue weighted by Gasteiger charge is 2.42. The number of ether oxygens (including phenoxy) is 1. The van der Waals surface area contributed by atoms with Crippen LogP contribution in [0, 0.1) is 6.92 Å². The zero-order chi connectivity index (χ0) is 32.0. The van der Waals surface area contributed by atoms with Gasteiger partial charge in [0.25, 0.3) is 11.5 Å². The Morgan fingerprint density at radius 2 is 1.82 bits per heavy atom. The molecular weight excluding hydrogens is 580 g/mol. The molecule has 2 aromatic heterocycles. The Bertz CT molecular complexity index is 1720. The number of aryl methyl sites for hydroxylation is 1. The molecule has 5 rings (SSSR count). The van der Waals surface area contributed by atoms with Gasteiger partial charge in [-0.25, -0.2) is 13.4 Å². The van der Waals surface area contributed by atoms with E-state index in [0.717, 1.165) is 37.6 Å². The normalized spacial score (nSPS) is 17.5. The van der Waals surface area contributed by atoms with Gasteiger partial charge < -0.3 is 24.8 Å². The zero-order valence-electron chi connectivity index (χ0n) is 26.5. The number of fused-ring (bicyclic) bond motifs is 1. The fraction of sp³-hybridized carbons (Fsp3) is 0.469. The number of rotatable bonds is 7. The number of carbonyl (C=O) groups excluding carboxylic acids is 1. The number of likely N-dealkylation sites (N-methyl/N-ethyl adjacent to an activating group) is 1. The fourth-order valence-corrected chi connectivity index (χ4v) is 7.28. The minimum absolute atomic E-state index is 0.0592. The first-order valence-electron chi connectivity index (χ1n) is 14.9. The minimum Gasteiger partial charge on any atom is -0.496 e. The molecule has 0 aliphatic carbocycles. The average Bonchev–Trinajstić information content (AvgIpc) is 3.32. The molecule has 1 saturated heterocycles. The smallest absolute Gasteiger partial charge is 0.256 e. The molecule has 11 nitrogen and oxygen atoms in total. The molecule has 1 amide bonds. The molecule has 12 heteroatoms. The van der Waals surface area contributed by atoms with Crippen LogP contribution < -0.4 is 24.8 Å². The van der Waals surface area contributed by atoms with Gasteiger partial charge in [0, 0.05) is 61.7 Å². The topological polar surface area (TPSA) is 128 Å². The number of nitrogens with one attached hydrogen (secondary N) is 2. The van der Waals surface area contributed by atoms with Crippen LogP contribution in [0.3, 0.4) is 0 Å². The molecule has 1 aromatic carbocycles. The first kappa shape index (κ1) is 31.5. The molecule has 2 aliphatic rings. The molecule has 2 N–H and O–H groups in total. The third-order valence-electron chi connectivity index (χ3n) is 8.45. The Morgan fingerprint density at radius 1 is 1.11 bits per heavy atom. The van der Waals surface area contributed by atoms with E-state index in [9.17, 15) is 18.0 Å².